The highest BCUT2D eigenvalue weighted by molar-refractivity contribution is 14.1. The van der Waals surface area contributed by atoms with E-state index in [1.807, 2.05) is 0 Å². The molecular weight excluding hydrogens is 546 g/mol. The Hall–Kier alpha value is -0.380. The van der Waals surface area contributed by atoms with Crippen molar-refractivity contribution in [2.45, 2.75) is 52.9 Å². The maximum atomic E-state index is 12.7. The largest absolute Gasteiger partial charge is 0.465 e. The molecule has 0 amide bonds. The summed E-state index contributed by atoms with van der Waals surface area (Å²) in [6.45, 7) is 6.21. The van der Waals surface area contributed by atoms with Crippen molar-refractivity contribution >= 4 is 57.1 Å². The molecule has 0 unspecified atom stereocenters. The average Bonchev–Trinajstić information content (AvgIpc) is 3.00. The highest BCUT2D eigenvalue weighted by Crippen LogP contribution is 2.44. The van der Waals surface area contributed by atoms with E-state index in [1.54, 1.807) is 13.8 Å². The number of carbonyl (C=O) groups excluding carboxylic acids is 2. The predicted octanol–water partition coefficient (Wildman–Crippen LogP) is 4.45. The lowest BCUT2D eigenvalue weighted by molar-refractivity contribution is -0.171. The van der Waals surface area contributed by atoms with Crippen LogP contribution in [0.1, 0.15) is 50.3 Å². The molecule has 1 aliphatic rings. The van der Waals surface area contributed by atoms with Gasteiger partial charge in [-0.2, -0.15) is 0 Å². The summed E-state index contributed by atoms with van der Waals surface area (Å²) in [6.07, 6.45) is 4.02. The molecule has 0 N–H and O–H groups in total. The maximum absolute atomic E-state index is 12.7. The van der Waals surface area contributed by atoms with Crippen molar-refractivity contribution in [3.8, 4) is 0 Å². The van der Waals surface area contributed by atoms with Gasteiger partial charge < -0.3 is 9.47 Å². The Morgan fingerprint density at radius 1 is 1.04 bits per heavy atom. The molecule has 6 heteroatoms. The molecule has 1 aliphatic carbocycles. The minimum Gasteiger partial charge on any atom is -0.465 e. The summed E-state index contributed by atoms with van der Waals surface area (Å²) >= 11 is 4.68. The number of ether oxygens (including phenoxy) is 2. The number of unbranched alkanes of at least 4 members (excludes halogenated alkanes) is 1. The van der Waals surface area contributed by atoms with Gasteiger partial charge in [0.05, 0.1) is 13.2 Å². The van der Waals surface area contributed by atoms with Crippen LogP contribution in [-0.4, -0.2) is 25.2 Å². The van der Waals surface area contributed by atoms with Crippen molar-refractivity contribution in [2.24, 2.45) is 5.41 Å². The van der Waals surface area contributed by atoms with E-state index < -0.39 is 17.4 Å². The lowest BCUT2D eigenvalue weighted by Gasteiger charge is -2.24. The Balaban J connectivity index is 2.47. The second-order valence-electron chi connectivity index (χ2n) is 6.27. The molecule has 0 saturated heterocycles. The van der Waals surface area contributed by atoms with Gasteiger partial charge >= 0.3 is 11.9 Å². The van der Waals surface area contributed by atoms with E-state index >= 15 is 0 Å². The number of hydrogen-bond donors (Lipinski definition) is 0. The first-order chi connectivity index (χ1) is 11.9. The smallest absolute Gasteiger partial charge is 0.324 e. The van der Waals surface area contributed by atoms with Crippen LogP contribution in [0.15, 0.2) is 6.07 Å². The van der Waals surface area contributed by atoms with Crippen LogP contribution in [0.3, 0.4) is 0 Å². The normalized spacial score (nSPS) is 14.9. The van der Waals surface area contributed by atoms with Crippen LogP contribution < -0.4 is 0 Å². The minimum absolute atomic E-state index is 0.256. The van der Waals surface area contributed by atoms with Crippen LogP contribution in [0.25, 0.3) is 0 Å². The molecule has 0 aromatic heterocycles. The molecular formula is C19H24I2O4. The fourth-order valence-corrected chi connectivity index (χ4v) is 5.11. The van der Waals surface area contributed by atoms with E-state index in [1.165, 1.54) is 9.13 Å². The van der Waals surface area contributed by atoms with Crippen molar-refractivity contribution in [1.82, 2.24) is 0 Å². The van der Waals surface area contributed by atoms with Gasteiger partial charge in [0.15, 0.2) is 5.41 Å². The number of halogens is 2. The van der Waals surface area contributed by atoms with Crippen molar-refractivity contribution in [3.63, 3.8) is 0 Å². The Kier molecular flexibility index (Phi) is 7.54. The lowest BCUT2D eigenvalue weighted by Crippen LogP contribution is -2.43. The van der Waals surface area contributed by atoms with Gasteiger partial charge in [-0.05, 0) is 94.6 Å². The first-order valence-electron chi connectivity index (χ1n) is 8.74. The number of aryl methyl sites for hydroxylation is 1. The second-order valence-corrected chi connectivity index (χ2v) is 8.51. The van der Waals surface area contributed by atoms with Crippen LogP contribution >= 0.6 is 45.2 Å². The van der Waals surface area contributed by atoms with Gasteiger partial charge in [0.2, 0.25) is 0 Å². The molecule has 1 aromatic carbocycles. The van der Waals surface area contributed by atoms with E-state index in [2.05, 4.69) is 58.2 Å². The SMILES string of the molecule is CCCCc1cc(I)c2c(c1I)CC(C(=O)OCC)(C(=O)OCC)C2. The highest BCUT2D eigenvalue weighted by Gasteiger charge is 2.54. The van der Waals surface area contributed by atoms with Crippen LogP contribution in [0, 0.1) is 12.6 Å². The molecule has 4 nitrogen and oxygen atoms in total. The van der Waals surface area contributed by atoms with Gasteiger partial charge in [0.1, 0.15) is 0 Å². The van der Waals surface area contributed by atoms with Crippen molar-refractivity contribution < 1.29 is 19.1 Å². The molecule has 2 rings (SSSR count). The fraction of sp³-hybridized carbons (Fsp3) is 0.579. The second kappa shape index (κ2) is 9.01. The van der Waals surface area contributed by atoms with Crippen molar-refractivity contribution in [3.05, 3.63) is 29.9 Å². The Morgan fingerprint density at radius 3 is 2.12 bits per heavy atom. The van der Waals surface area contributed by atoms with Crippen LogP contribution in [-0.2, 0) is 38.3 Å². The van der Waals surface area contributed by atoms with Crippen molar-refractivity contribution in [2.75, 3.05) is 13.2 Å². The third kappa shape index (κ3) is 4.14. The van der Waals surface area contributed by atoms with Gasteiger partial charge in [0.25, 0.3) is 0 Å². The van der Waals surface area contributed by atoms with E-state index in [0.717, 1.165) is 34.0 Å². The molecule has 25 heavy (non-hydrogen) atoms. The third-order valence-electron chi connectivity index (χ3n) is 4.59. The Morgan fingerprint density at radius 2 is 1.60 bits per heavy atom. The van der Waals surface area contributed by atoms with E-state index in [4.69, 9.17) is 9.47 Å². The summed E-state index contributed by atoms with van der Waals surface area (Å²) in [5.41, 5.74) is 2.26. The van der Waals surface area contributed by atoms with Crippen LogP contribution in [0.4, 0.5) is 0 Å². The summed E-state index contributed by atoms with van der Waals surface area (Å²) < 4.78 is 12.8. The van der Waals surface area contributed by atoms with Gasteiger partial charge in [-0.1, -0.05) is 13.3 Å². The fourth-order valence-electron chi connectivity index (χ4n) is 3.27. The number of carbonyl (C=O) groups is 2. The molecule has 0 spiro atoms. The van der Waals surface area contributed by atoms with E-state index in [9.17, 15) is 9.59 Å². The minimum atomic E-state index is -1.24. The Labute approximate surface area is 176 Å². The molecule has 1 aromatic rings. The molecule has 0 aliphatic heterocycles. The first-order valence-corrected chi connectivity index (χ1v) is 10.9. The lowest BCUT2D eigenvalue weighted by atomic mass is 9.84. The van der Waals surface area contributed by atoms with Crippen LogP contribution in [0.5, 0.6) is 0 Å². The average molecular weight is 570 g/mol. The molecule has 0 atom stereocenters. The van der Waals surface area contributed by atoms with Crippen molar-refractivity contribution in [1.29, 1.82) is 0 Å². The quantitative estimate of drug-likeness (QED) is 0.277. The summed E-state index contributed by atoms with van der Waals surface area (Å²) in [7, 11) is 0. The topological polar surface area (TPSA) is 52.6 Å². The molecule has 138 valence electrons. The highest BCUT2D eigenvalue weighted by atomic mass is 127. The van der Waals surface area contributed by atoms with Gasteiger partial charge in [-0.25, -0.2) is 0 Å². The number of rotatable bonds is 7. The summed E-state index contributed by atoms with van der Waals surface area (Å²) in [5, 5.41) is 0. The first kappa shape index (κ1) is 20.9. The zero-order valence-corrected chi connectivity index (χ0v) is 19.2. The van der Waals surface area contributed by atoms with Gasteiger partial charge in [-0.15, -0.1) is 0 Å². The number of benzene rings is 1. The van der Waals surface area contributed by atoms with E-state index in [-0.39, 0.29) is 13.2 Å². The molecule has 0 bridgehead atoms. The van der Waals surface area contributed by atoms with Gasteiger partial charge in [0, 0.05) is 20.0 Å². The van der Waals surface area contributed by atoms with Gasteiger partial charge in [-0.3, -0.25) is 9.59 Å². The number of esters is 2. The monoisotopic (exact) mass is 570 g/mol. The summed E-state index contributed by atoms with van der Waals surface area (Å²) in [5.74, 6) is -0.933. The Bertz CT molecular complexity index is 652. The molecule has 0 saturated carbocycles. The predicted molar refractivity (Wildman–Crippen MR) is 114 cm³/mol. The third-order valence-corrected chi connectivity index (χ3v) is 6.90. The standard InChI is InChI=1S/C19H24I2O4/c1-4-7-8-12-9-15(20)13-10-19(17(22)24-5-2,18(23)25-6-3)11-14(13)16(12)21/h9H,4-8,10-11H2,1-3H3. The number of hydrogen-bond acceptors (Lipinski definition) is 4. The molecule has 0 heterocycles. The summed E-state index contributed by atoms with van der Waals surface area (Å²) in [4.78, 5) is 25.4. The number of fused-ring (bicyclic) bond motifs is 1. The van der Waals surface area contributed by atoms with E-state index in [0.29, 0.717) is 12.8 Å². The maximum Gasteiger partial charge on any atom is 0.324 e. The molecule has 0 radical (unpaired) electrons. The zero-order valence-electron chi connectivity index (χ0n) is 14.9. The summed E-state index contributed by atoms with van der Waals surface area (Å²) in [6, 6.07) is 2.20. The molecule has 0 fully saturated rings. The van der Waals surface area contributed by atoms with Crippen LogP contribution in [0.2, 0.25) is 0 Å². The zero-order chi connectivity index (χ0) is 18.6.